The van der Waals surface area contributed by atoms with Crippen LogP contribution >= 0.6 is 35.1 Å². The number of hydrogen-bond acceptors (Lipinski definition) is 5. The van der Waals surface area contributed by atoms with Gasteiger partial charge in [0.05, 0.1) is 5.75 Å². The van der Waals surface area contributed by atoms with Gasteiger partial charge in [0.25, 0.3) is 0 Å². The molecule has 0 fully saturated rings. The summed E-state index contributed by atoms with van der Waals surface area (Å²) in [7, 11) is 0. The minimum absolute atomic E-state index is 0.102. The van der Waals surface area contributed by atoms with Crippen LogP contribution in [0.4, 0.5) is 0 Å². The number of aromatic nitrogens is 2. The van der Waals surface area contributed by atoms with Crippen LogP contribution in [-0.4, -0.2) is 33.1 Å². The van der Waals surface area contributed by atoms with Gasteiger partial charge in [-0.1, -0.05) is 71.9 Å². The molecule has 1 amide bonds. The van der Waals surface area contributed by atoms with E-state index in [0.717, 1.165) is 32.0 Å². The summed E-state index contributed by atoms with van der Waals surface area (Å²) in [5.74, 6) is 1.19. The molecule has 0 bridgehead atoms. The monoisotopic (exact) mass is 443 g/mol. The van der Waals surface area contributed by atoms with Crippen molar-refractivity contribution in [2.45, 2.75) is 29.3 Å². The smallest absolute Gasteiger partial charge is 0.233 e. The number of thioether (sulfide) groups is 2. The van der Waals surface area contributed by atoms with Crippen molar-refractivity contribution in [3.05, 3.63) is 83.1 Å². The zero-order valence-electron chi connectivity index (χ0n) is 16.1. The van der Waals surface area contributed by atoms with Gasteiger partial charge < -0.3 is 4.90 Å². The van der Waals surface area contributed by atoms with E-state index >= 15 is 0 Å². The molecule has 4 nitrogen and oxygen atoms in total. The number of amides is 1. The first-order valence-corrected chi connectivity index (χ1v) is 11.6. The molecule has 0 aliphatic carbocycles. The molecule has 150 valence electrons. The van der Waals surface area contributed by atoms with Crippen molar-refractivity contribution >= 4 is 41.0 Å². The lowest BCUT2D eigenvalue weighted by Gasteiger charge is -2.20. The number of nitrogens with zero attached hydrogens (tertiary/aromatic N) is 3. The van der Waals surface area contributed by atoms with E-state index in [9.17, 15) is 4.79 Å². The molecule has 0 atom stereocenters. The third-order valence-corrected chi connectivity index (χ3v) is 6.50. The molecule has 0 spiro atoms. The molecule has 2 aromatic carbocycles. The van der Waals surface area contributed by atoms with Gasteiger partial charge in [-0.15, -0.1) is 11.8 Å². The van der Waals surface area contributed by atoms with Gasteiger partial charge in [-0.05, 0) is 24.1 Å². The Morgan fingerprint density at radius 2 is 1.69 bits per heavy atom. The molecule has 7 heteroatoms. The summed E-state index contributed by atoms with van der Waals surface area (Å²) in [6, 6.07) is 19.8. The molecule has 0 unspecified atom stereocenters. The second kappa shape index (κ2) is 11.2. The van der Waals surface area contributed by atoms with E-state index in [0.29, 0.717) is 18.8 Å². The molecule has 1 heterocycles. The highest BCUT2D eigenvalue weighted by Crippen LogP contribution is 2.27. The van der Waals surface area contributed by atoms with E-state index in [1.54, 1.807) is 18.1 Å². The lowest BCUT2D eigenvalue weighted by atomic mass is 10.2. The van der Waals surface area contributed by atoms with Crippen molar-refractivity contribution < 1.29 is 4.79 Å². The van der Waals surface area contributed by atoms with Crippen molar-refractivity contribution in [1.82, 2.24) is 14.9 Å². The molecular weight excluding hydrogens is 422 g/mol. The fourth-order valence-electron chi connectivity index (χ4n) is 2.65. The third-order valence-electron chi connectivity index (χ3n) is 4.24. The van der Waals surface area contributed by atoms with Gasteiger partial charge in [0, 0.05) is 29.9 Å². The molecule has 0 aliphatic rings. The summed E-state index contributed by atoms with van der Waals surface area (Å²) in [6.45, 7) is 3.30. The van der Waals surface area contributed by atoms with Crippen LogP contribution in [0.5, 0.6) is 0 Å². The number of carbonyl (C=O) groups excluding carboxylic acids is 1. The molecule has 3 rings (SSSR count). The Labute approximate surface area is 185 Å². The van der Waals surface area contributed by atoms with E-state index in [1.807, 2.05) is 72.5 Å². The molecule has 0 saturated heterocycles. The summed E-state index contributed by atoms with van der Waals surface area (Å²) < 4.78 is 0. The number of benzene rings is 2. The zero-order chi connectivity index (χ0) is 20.5. The van der Waals surface area contributed by atoms with Crippen LogP contribution in [0.25, 0.3) is 0 Å². The van der Waals surface area contributed by atoms with Crippen LogP contribution in [0.2, 0.25) is 5.02 Å². The summed E-state index contributed by atoms with van der Waals surface area (Å²) in [4.78, 5) is 23.1. The van der Waals surface area contributed by atoms with Crippen molar-refractivity contribution in [2.24, 2.45) is 0 Å². The predicted octanol–water partition coefficient (Wildman–Crippen LogP) is 5.56. The first-order chi connectivity index (χ1) is 14.2. The van der Waals surface area contributed by atoms with Crippen molar-refractivity contribution in [3.63, 3.8) is 0 Å². The lowest BCUT2D eigenvalue weighted by molar-refractivity contribution is -0.128. The van der Waals surface area contributed by atoms with Gasteiger partial charge in [0.2, 0.25) is 5.91 Å². The standard InChI is InChI=1S/C22H22ClN3OS2/c1-2-26(13-17-8-4-3-5-9-17)22(27)15-29-21-12-20(24-16-25-21)28-14-18-10-6-7-11-19(18)23/h3-12,16H,2,13-15H2,1H3. The molecular formula is C22H22ClN3OS2. The Morgan fingerprint density at radius 3 is 2.41 bits per heavy atom. The van der Waals surface area contributed by atoms with E-state index in [-0.39, 0.29) is 5.91 Å². The molecule has 0 N–H and O–H groups in total. The largest absolute Gasteiger partial charge is 0.338 e. The quantitative estimate of drug-likeness (QED) is 0.320. The molecule has 0 aliphatic heterocycles. The number of rotatable bonds is 9. The normalized spacial score (nSPS) is 10.7. The summed E-state index contributed by atoms with van der Waals surface area (Å²) >= 11 is 9.26. The second-order valence-corrected chi connectivity index (χ2v) is 8.66. The average molecular weight is 444 g/mol. The maximum atomic E-state index is 12.6. The molecule has 0 radical (unpaired) electrons. The van der Waals surface area contributed by atoms with Crippen LogP contribution in [0.3, 0.4) is 0 Å². The summed E-state index contributed by atoms with van der Waals surface area (Å²) in [5.41, 5.74) is 2.20. The second-order valence-electron chi connectivity index (χ2n) is 6.26. The fourth-order valence-corrected chi connectivity index (χ4v) is 4.65. The lowest BCUT2D eigenvalue weighted by Crippen LogP contribution is -2.31. The van der Waals surface area contributed by atoms with Crippen LogP contribution in [-0.2, 0) is 17.1 Å². The van der Waals surface area contributed by atoms with E-state index in [2.05, 4.69) is 9.97 Å². The van der Waals surface area contributed by atoms with E-state index in [4.69, 9.17) is 11.6 Å². The Balaban J connectivity index is 1.54. The maximum absolute atomic E-state index is 12.6. The number of halogens is 1. The van der Waals surface area contributed by atoms with Gasteiger partial charge in [-0.2, -0.15) is 0 Å². The van der Waals surface area contributed by atoms with Crippen LogP contribution in [0.15, 0.2) is 77.0 Å². The topological polar surface area (TPSA) is 46.1 Å². The fraction of sp³-hybridized carbons (Fsp3) is 0.227. The molecule has 1 aromatic heterocycles. The Hall–Kier alpha value is -2.02. The van der Waals surface area contributed by atoms with Gasteiger partial charge in [0.1, 0.15) is 16.4 Å². The summed E-state index contributed by atoms with van der Waals surface area (Å²) in [6.07, 6.45) is 1.54. The van der Waals surface area contributed by atoms with Crippen molar-refractivity contribution in [3.8, 4) is 0 Å². The van der Waals surface area contributed by atoms with Crippen LogP contribution < -0.4 is 0 Å². The average Bonchev–Trinajstić information content (AvgIpc) is 2.76. The Morgan fingerprint density at radius 1 is 1.00 bits per heavy atom. The zero-order valence-corrected chi connectivity index (χ0v) is 18.5. The Kier molecular flexibility index (Phi) is 8.40. The highest BCUT2D eigenvalue weighted by Gasteiger charge is 2.13. The first-order valence-electron chi connectivity index (χ1n) is 9.28. The predicted molar refractivity (Wildman–Crippen MR) is 121 cm³/mol. The Bertz CT molecular complexity index is 940. The molecule has 0 saturated carbocycles. The maximum Gasteiger partial charge on any atom is 0.233 e. The molecule has 3 aromatic rings. The van der Waals surface area contributed by atoms with E-state index in [1.165, 1.54) is 11.8 Å². The highest BCUT2D eigenvalue weighted by atomic mass is 35.5. The van der Waals surface area contributed by atoms with Gasteiger partial charge in [0.15, 0.2) is 0 Å². The van der Waals surface area contributed by atoms with E-state index < -0.39 is 0 Å². The van der Waals surface area contributed by atoms with Crippen LogP contribution in [0.1, 0.15) is 18.1 Å². The third kappa shape index (κ3) is 6.77. The first kappa shape index (κ1) is 21.7. The summed E-state index contributed by atoms with van der Waals surface area (Å²) in [5, 5.41) is 2.42. The SMILES string of the molecule is CCN(Cc1ccccc1)C(=O)CSc1cc(SCc2ccccc2Cl)ncn1. The minimum Gasteiger partial charge on any atom is -0.338 e. The minimum atomic E-state index is 0.102. The number of carbonyl (C=O) groups is 1. The van der Waals surface area contributed by atoms with Gasteiger partial charge >= 0.3 is 0 Å². The number of hydrogen-bond donors (Lipinski definition) is 0. The van der Waals surface area contributed by atoms with Crippen molar-refractivity contribution in [1.29, 1.82) is 0 Å². The highest BCUT2D eigenvalue weighted by molar-refractivity contribution is 8.00. The van der Waals surface area contributed by atoms with Crippen LogP contribution in [0, 0.1) is 0 Å². The van der Waals surface area contributed by atoms with Gasteiger partial charge in [-0.3, -0.25) is 4.79 Å². The van der Waals surface area contributed by atoms with Crippen molar-refractivity contribution in [2.75, 3.05) is 12.3 Å². The molecule has 29 heavy (non-hydrogen) atoms. The van der Waals surface area contributed by atoms with Gasteiger partial charge in [-0.25, -0.2) is 9.97 Å².